The normalized spacial score (nSPS) is 11.6. The monoisotopic (exact) mass is 389 g/mol. The Hall–Kier alpha value is -2.88. The first-order valence-electron chi connectivity index (χ1n) is 9.91. The van der Waals surface area contributed by atoms with E-state index in [1.165, 1.54) is 27.8 Å². The van der Waals surface area contributed by atoms with Gasteiger partial charge in [0.05, 0.1) is 0 Å². The molecule has 0 aromatic heterocycles. The van der Waals surface area contributed by atoms with Gasteiger partial charge in [-0.05, 0) is 60.5 Å². The van der Waals surface area contributed by atoms with Crippen molar-refractivity contribution in [3.8, 4) is 5.75 Å². The highest BCUT2D eigenvalue weighted by atomic mass is 16.5. The van der Waals surface area contributed by atoms with Crippen molar-refractivity contribution in [1.82, 2.24) is 4.90 Å². The average molecular weight is 390 g/mol. The molecule has 29 heavy (non-hydrogen) atoms. The summed E-state index contributed by atoms with van der Waals surface area (Å²) in [6, 6.07) is 29.8. The van der Waals surface area contributed by atoms with E-state index in [1.807, 2.05) is 0 Å². The van der Waals surface area contributed by atoms with Gasteiger partial charge in [0.15, 0.2) is 0 Å². The second kappa shape index (κ2) is 11.2. The lowest BCUT2D eigenvalue weighted by Gasteiger charge is -2.17. The number of hydrogen-bond donors (Lipinski definition) is 0. The molecule has 152 valence electrons. The van der Waals surface area contributed by atoms with Gasteiger partial charge < -0.3 is 15.1 Å². The van der Waals surface area contributed by atoms with Gasteiger partial charge in [-0.2, -0.15) is 0 Å². The Labute approximate surface area is 174 Å². The molecule has 0 unspecified atom stereocenters. The van der Waals surface area contributed by atoms with Gasteiger partial charge in [-0.1, -0.05) is 79.7 Å². The molecule has 0 saturated carbocycles. The number of nitrogens with zero attached hydrogens (tertiary/aromatic N) is 1. The molecule has 0 heterocycles. The van der Waals surface area contributed by atoms with Gasteiger partial charge in [-0.15, -0.1) is 0 Å². The second-order valence-electron chi connectivity index (χ2n) is 7.12. The molecule has 2 N–H and O–H groups in total. The van der Waals surface area contributed by atoms with Crippen molar-refractivity contribution in [1.29, 1.82) is 0 Å². The van der Waals surface area contributed by atoms with Gasteiger partial charge in [0, 0.05) is 6.54 Å². The second-order valence-corrected chi connectivity index (χ2v) is 7.12. The van der Waals surface area contributed by atoms with Crippen LogP contribution in [0.25, 0.3) is 11.1 Å². The summed E-state index contributed by atoms with van der Waals surface area (Å²) >= 11 is 0. The Morgan fingerprint density at radius 3 is 1.76 bits per heavy atom. The quantitative estimate of drug-likeness (QED) is 0.499. The van der Waals surface area contributed by atoms with E-state index in [2.05, 4.69) is 111 Å². The minimum absolute atomic E-state index is 0. The minimum atomic E-state index is 0. The van der Waals surface area contributed by atoms with Crippen LogP contribution in [-0.2, 0) is 0 Å². The maximum atomic E-state index is 5.87. The summed E-state index contributed by atoms with van der Waals surface area (Å²) in [4.78, 5) is 2.12. The van der Waals surface area contributed by atoms with Crippen molar-refractivity contribution in [3.63, 3.8) is 0 Å². The number of hydrogen-bond acceptors (Lipinski definition) is 2. The van der Waals surface area contributed by atoms with Crippen LogP contribution in [0.15, 0.2) is 84.9 Å². The largest absolute Gasteiger partial charge is 0.492 e. The number of likely N-dealkylation sites (N-methyl/N-ethyl adjacent to an activating group) is 1. The molecule has 3 aromatic carbocycles. The number of allylic oxidation sites excluding steroid dienone is 1. The van der Waals surface area contributed by atoms with Gasteiger partial charge in [-0.3, -0.25) is 0 Å². The van der Waals surface area contributed by atoms with E-state index >= 15 is 0 Å². The third kappa shape index (κ3) is 6.05. The van der Waals surface area contributed by atoms with Crippen molar-refractivity contribution in [2.24, 2.45) is 0 Å². The Morgan fingerprint density at radius 2 is 1.24 bits per heavy atom. The Bertz CT molecular complexity index is 885. The summed E-state index contributed by atoms with van der Waals surface area (Å²) in [6.07, 6.45) is 0.968. The lowest BCUT2D eigenvalue weighted by atomic mass is 9.88. The van der Waals surface area contributed by atoms with Crippen LogP contribution in [-0.4, -0.2) is 37.6 Å². The Kier molecular flexibility index (Phi) is 8.66. The number of rotatable bonds is 8. The van der Waals surface area contributed by atoms with Crippen LogP contribution in [0, 0.1) is 0 Å². The predicted molar refractivity (Wildman–Crippen MR) is 123 cm³/mol. The minimum Gasteiger partial charge on any atom is -0.492 e. The first-order valence-corrected chi connectivity index (χ1v) is 9.91. The van der Waals surface area contributed by atoms with Gasteiger partial charge in [0.25, 0.3) is 0 Å². The van der Waals surface area contributed by atoms with Crippen molar-refractivity contribution in [3.05, 3.63) is 102 Å². The predicted octanol–water partition coefficient (Wildman–Crippen LogP) is 5.17. The molecule has 0 fully saturated rings. The average Bonchev–Trinajstić information content (AvgIpc) is 2.73. The highest BCUT2D eigenvalue weighted by Crippen LogP contribution is 2.34. The van der Waals surface area contributed by atoms with Crippen molar-refractivity contribution in [2.45, 2.75) is 13.3 Å². The van der Waals surface area contributed by atoms with Crippen LogP contribution in [0.1, 0.15) is 30.0 Å². The summed E-state index contributed by atoms with van der Waals surface area (Å²) in [5.74, 6) is 0.913. The summed E-state index contributed by atoms with van der Waals surface area (Å²) in [5, 5.41) is 0. The Morgan fingerprint density at radius 1 is 0.724 bits per heavy atom. The van der Waals surface area contributed by atoms with Gasteiger partial charge in [0.2, 0.25) is 0 Å². The van der Waals surface area contributed by atoms with Crippen LogP contribution in [0.4, 0.5) is 0 Å². The van der Waals surface area contributed by atoms with E-state index in [4.69, 9.17) is 4.74 Å². The first-order chi connectivity index (χ1) is 13.7. The number of ether oxygens (including phenoxy) is 1. The maximum Gasteiger partial charge on any atom is 0.119 e. The highest BCUT2D eigenvalue weighted by molar-refractivity contribution is 5.98. The third-order valence-corrected chi connectivity index (χ3v) is 4.79. The van der Waals surface area contributed by atoms with Gasteiger partial charge >= 0.3 is 0 Å². The zero-order chi connectivity index (χ0) is 19.8. The van der Waals surface area contributed by atoms with Crippen molar-refractivity contribution in [2.75, 3.05) is 27.2 Å². The fourth-order valence-electron chi connectivity index (χ4n) is 3.35. The molecule has 0 aliphatic heterocycles. The lowest BCUT2D eigenvalue weighted by Crippen LogP contribution is -2.19. The molecule has 0 radical (unpaired) electrons. The van der Waals surface area contributed by atoms with E-state index in [-0.39, 0.29) is 5.48 Å². The fourth-order valence-corrected chi connectivity index (χ4v) is 3.35. The molecule has 0 bridgehead atoms. The lowest BCUT2D eigenvalue weighted by molar-refractivity contribution is 0.261. The van der Waals surface area contributed by atoms with E-state index in [1.54, 1.807) is 0 Å². The summed E-state index contributed by atoms with van der Waals surface area (Å²) in [7, 11) is 4.11. The zero-order valence-electron chi connectivity index (χ0n) is 17.6. The van der Waals surface area contributed by atoms with Crippen LogP contribution >= 0.6 is 0 Å². The van der Waals surface area contributed by atoms with Gasteiger partial charge in [0.1, 0.15) is 12.4 Å². The molecule has 0 atom stereocenters. The molecule has 0 aliphatic rings. The number of benzene rings is 3. The molecule has 0 aliphatic carbocycles. The smallest absolute Gasteiger partial charge is 0.119 e. The molecule has 3 aromatic rings. The van der Waals surface area contributed by atoms with Crippen LogP contribution in [0.3, 0.4) is 0 Å². The molecule has 0 saturated heterocycles. The van der Waals surface area contributed by atoms with E-state index in [0.717, 1.165) is 18.7 Å². The summed E-state index contributed by atoms with van der Waals surface area (Å²) < 4.78 is 5.87. The van der Waals surface area contributed by atoms with Crippen LogP contribution < -0.4 is 4.74 Å². The van der Waals surface area contributed by atoms with E-state index in [9.17, 15) is 0 Å². The fraction of sp³-hybridized carbons (Fsp3) is 0.231. The van der Waals surface area contributed by atoms with Crippen molar-refractivity contribution >= 4 is 11.1 Å². The SMILES string of the molecule is CCC(=C(c1ccccc1)c1ccc(OCCN(C)C)cc1)c1ccccc1.O. The van der Waals surface area contributed by atoms with Crippen molar-refractivity contribution < 1.29 is 10.2 Å². The molecule has 3 rings (SSSR count). The van der Waals surface area contributed by atoms with Crippen LogP contribution in [0.2, 0.25) is 0 Å². The third-order valence-electron chi connectivity index (χ3n) is 4.79. The summed E-state index contributed by atoms with van der Waals surface area (Å²) in [5.41, 5.74) is 6.37. The molecular formula is C26H31NO2. The highest BCUT2D eigenvalue weighted by Gasteiger charge is 2.12. The van der Waals surface area contributed by atoms with E-state index in [0.29, 0.717) is 6.61 Å². The molecule has 0 spiro atoms. The molecule has 3 heteroatoms. The standard InChI is InChI=1S/C26H29NO.H2O/c1-4-25(21-11-7-5-8-12-21)26(22-13-9-6-10-14-22)23-15-17-24(18-16-23)28-20-19-27(2)3;/h5-18H,4,19-20H2,1-3H3;1H2. The molecule has 3 nitrogen and oxygen atoms in total. The topological polar surface area (TPSA) is 44.0 Å². The van der Waals surface area contributed by atoms with Gasteiger partial charge in [-0.25, -0.2) is 0 Å². The Balaban J connectivity index is 0.00000300. The molecular weight excluding hydrogens is 358 g/mol. The zero-order valence-corrected chi connectivity index (χ0v) is 17.6. The van der Waals surface area contributed by atoms with Crippen LogP contribution in [0.5, 0.6) is 5.75 Å². The van der Waals surface area contributed by atoms with E-state index < -0.39 is 0 Å². The summed E-state index contributed by atoms with van der Waals surface area (Å²) in [6.45, 7) is 3.83. The first kappa shape index (κ1) is 22.4. The maximum absolute atomic E-state index is 5.87. The molecule has 0 amide bonds.